The molecule has 0 aliphatic heterocycles. The molecule has 4 heteroatoms. The van der Waals surface area contributed by atoms with E-state index in [9.17, 15) is 0 Å². The van der Waals surface area contributed by atoms with Gasteiger partial charge >= 0.3 is 0 Å². The Balaban J connectivity index is 2.68. The fourth-order valence-electron chi connectivity index (χ4n) is 2.04. The van der Waals surface area contributed by atoms with Crippen molar-refractivity contribution in [2.45, 2.75) is 40.2 Å². The molecule has 0 saturated heterocycles. The predicted octanol–water partition coefficient (Wildman–Crippen LogP) is 1.70. The first kappa shape index (κ1) is 15.1. The average Bonchev–Trinajstić information content (AvgIpc) is 2.26. The molecule has 0 amide bonds. The van der Waals surface area contributed by atoms with Gasteiger partial charge in [-0.2, -0.15) is 0 Å². The van der Waals surface area contributed by atoms with Crippen LogP contribution in [0.1, 0.15) is 36.1 Å². The molecule has 0 aliphatic carbocycles. The second kappa shape index (κ2) is 7.44. The first-order valence-corrected chi connectivity index (χ1v) is 6.73. The van der Waals surface area contributed by atoms with Crippen molar-refractivity contribution >= 4 is 0 Å². The van der Waals surface area contributed by atoms with Crippen LogP contribution >= 0.6 is 0 Å². The van der Waals surface area contributed by atoms with Gasteiger partial charge in [0.25, 0.3) is 0 Å². The van der Waals surface area contributed by atoms with Crippen molar-refractivity contribution in [3.8, 4) is 0 Å². The third kappa shape index (κ3) is 4.70. The van der Waals surface area contributed by atoms with E-state index in [1.807, 2.05) is 14.1 Å². The highest BCUT2D eigenvalue weighted by Gasteiger charge is 2.08. The van der Waals surface area contributed by atoms with E-state index in [-0.39, 0.29) is 0 Å². The van der Waals surface area contributed by atoms with Crippen LogP contribution in [0.3, 0.4) is 0 Å². The van der Waals surface area contributed by atoms with E-state index in [1.54, 1.807) is 0 Å². The van der Waals surface area contributed by atoms with E-state index in [1.165, 1.54) is 12.0 Å². The van der Waals surface area contributed by atoms with Gasteiger partial charge in [0.1, 0.15) is 5.82 Å². The Morgan fingerprint density at radius 3 is 2.17 bits per heavy atom. The Morgan fingerprint density at radius 2 is 1.67 bits per heavy atom. The number of aryl methyl sites for hydroxylation is 2. The van der Waals surface area contributed by atoms with E-state index in [0.717, 1.165) is 43.3 Å². The third-order valence-corrected chi connectivity index (χ3v) is 2.90. The standard InChI is InChI=1S/C14H26N4/c1-6-8-15-9-7-13-11(2)16-14(10-18(4)5)17-12(13)3/h15H,6-10H2,1-5H3. The van der Waals surface area contributed by atoms with Crippen LogP contribution in [0.4, 0.5) is 0 Å². The highest BCUT2D eigenvalue weighted by molar-refractivity contribution is 5.24. The van der Waals surface area contributed by atoms with Crippen LogP contribution in [0, 0.1) is 13.8 Å². The lowest BCUT2D eigenvalue weighted by molar-refractivity contribution is 0.389. The second-order valence-electron chi connectivity index (χ2n) is 5.03. The van der Waals surface area contributed by atoms with Crippen LogP contribution in [0.25, 0.3) is 0 Å². The molecular formula is C14H26N4. The van der Waals surface area contributed by atoms with Gasteiger partial charge in [-0.15, -0.1) is 0 Å². The molecule has 0 fully saturated rings. The van der Waals surface area contributed by atoms with Gasteiger partial charge in [-0.1, -0.05) is 6.92 Å². The SMILES string of the molecule is CCCNCCc1c(C)nc(CN(C)C)nc1C. The summed E-state index contributed by atoms with van der Waals surface area (Å²) < 4.78 is 0. The largest absolute Gasteiger partial charge is 0.316 e. The van der Waals surface area contributed by atoms with Gasteiger partial charge in [-0.3, -0.25) is 0 Å². The number of aromatic nitrogens is 2. The van der Waals surface area contributed by atoms with Crippen LogP contribution in [0.2, 0.25) is 0 Å². The van der Waals surface area contributed by atoms with Gasteiger partial charge in [0.15, 0.2) is 0 Å². The summed E-state index contributed by atoms with van der Waals surface area (Å²) in [6, 6.07) is 0. The van der Waals surface area contributed by atoms with Crippen LogP contribution in [0.5, 0.6) is 0 Å². The summed E-state index contributed by atoms with van der Waals surface area (Å²) in [5.74, 6) is 0.917. The van der Waals surface area contributed by atoms with Crippen molar-refractivity contribution in [2.75, 3.05) is 27.2 Å². The molecule has 1 rings (SSSR count). The topological polar surface area (TPSA) is 41.1 Å². The molecule has 18 heavy (non-hydrogen) atoms. The molecule has 1 heterocycles. The first-order chi connectivity index (χ1) is 8.54. The summed E-state index contributed by atoms with van der Waals surface area (Å²) in [6.07, 6.45) is 2.19. The van der Waals surface area contributed by atoms with E-state index >= 15 is 0 Å². The molecule has 0 bridgehead atoms. The zero-order valence-corrected chi connectivity index (χ0v) is 12.4. The van der Waals surface area contributed by atoms with Crippen molar-refractivity contribution in [2.24, 2.45) is 0 Å². The number of hydrogen-bond acceptors (Lipinski definition) is 4. The lowest BCUT2D eigenvalue weighted by atomic mass is 10.1. The number of hydrogen-bond donors (Lipinski definition) is 1. The van der Waals surface area contributed by atoms with E-state index in [0.29, 0.717) is 0 Å². The van der Waals surface area contributed by atoms with Gasteiger partial charge in [-0.25, -0.2) is 9.97 Å². The summed E-state index contributed by atoms with van der Waals surface area (Å²) in [5, 5.41) is 3.42. The smallest absolute Gasteiger partial charge is 0.142 e. The first-order valence-electron chi connectivity index (χ1n) is 6.73. The Bertz CT molecular complexity index is 351. The predicted molar refractivity (Wildman–Crippen MR) is 75.8 cm³/mol. The minimum atomic E-state index is 0.802. The van der Waals surface area contributed by atoms with Gasteiger partial charge < -0.3 is 10.2 Å². The number of nitrogens with one attached hydrogen (secondary N) is 1. The monoisotopic (exact) mass is 250 g/mol. The van der Waals surface area contributed by atoms with Crippen molar-refractivity contribution in [3.63, 3.8) is 0 Å². The molecule has 102 valence electrons. The molecule has 0 radical (unpaired) electrons. The summed E-state index contributed by atoms with van der Waals surface area (Å²) in [4.78, 5) is 11.3. The van der Waals surface area contributed by atoms with Crippen molar-refractivity contribution in [1.29, 1.82) is 0 Å². The molecule has 1 N–H and O–H groups in total. The van der Waals surface area contributed by atoms with Gasteiger partial charge in [0, 0.05) is 11.4 Å². The maximum absolute atomic E-state index is 4.59. The van der Waals surface area contributed by atoms with Gasteiger partial charge in [0.2, 0.25) is 0 Å². The molecule has 0 atom stereocenters. The zero-order chi connectivity index (χ0) is 13.5. The van der Waals surface area contributed by atoms with Gasteiger partial charge in [-0.05, 0) is 59.4 Å². The average molecular weight is 250 g/mol. The molecule has 4 nitrogen and oxygen atoms in total. The minimum absolute atomic E-state index is 0.802. The molecule has 0 aromatic carbocycles. The van der Waals surface area contributed by atoms with E-state index < -0.39 is 0 Å². The minimum Gasteiger partial charge on any atom is -0.316 e. The highest BCUT2D eigenvalue weighted by atomic mass is 15.1. The molecular weight excluding hydrogens is 224 g/mol. The third-order valence-electron chi connectivity index (χ3n) is 2.90. The number of nitrogens with zero attached hydrogens (tertiary/aromatic N) is 3. The molecule has 0 aliphatic rings. The van der Waals surface area contributed by atoms with Crippen molar-refractivity contribution < 1.29 is 0 Å². The summed E-state index contributed by atoms with van der Waals surface area (Å²) in [7, 11) is 4.08. The zero-order valence-electron chi connectivity index (χ0n) is 12.4. The maximum Gasteiger partial charge on any atom is 0.142 e. The van der Waals surface area contributed by atoms with Crippen molar-refractivity contribution in [1.82, 2.24) is 20.2 Å². The molecule has 1 aromatic rings. The summed E-state index contributed by atoms with van der Waals surface area (Å²) in [6.45, 7) is 9.24. The molecule has 0 spiro atoms. The van der Waals surface area contributed by atoms with Crippen LogP contribution in [-0.2, 0) is 13.0 Å². The quantitative estimate of drug-likeness (QED) is 0.748. The van der Waals surface area contributed by atoms with E-state index in [2.05, 4.69) is 41.0 Å². The highest BCUT2D eigenvalue weighted by Crippen LogP contribution is 2.11. The Labute approximate surface area is 111 Å². The Hall–Kier alpha value is -1.00. The molecule has 1 aromatic heterocycles. The fraction of sp³-hybridized carbons (Fsp3) is 0.714. The lowest BCUT2D eigenvalue weighted by Crippen LogP contribution is -2.20. The number of rotatable bonds is 7. The summed E-state index contributed by atoms with van der Waals surface area (Å²) >= 11 is 0. The van der Waals surface area contributed by atoms with Crippen molar-refractivity contribution in [3.05, 3.63) is 22.8 Å². The van der Waals surface area contributed by atoms with Crippen LogP contribution in [-0.4, -0.2) is 42.1 Å². The van der Waals surface area contributed by atoms with Crippen LogP contribution in [0.15, 0.2) is 0 Å². The Morgan fingerprint density at radius 1 is 1.06 bits per heavy atom. The summed E-state index contributed by atoms with van der Waals surface area (Å²) in [5.41, 5.74) is 3.54. The van der Waals surface area contributed by atoms with E-state index in [4.69, 9.17) is 0 Å². The maximum atomic E-state index is 4.59. The Kier molecular flexibility index (Phi) is 6.22. The van der Waals surface area contributed by atoms with Crippen LogP contribution < -0.4 is 5.32 Å². The van der Waals surface area contributed by atoms with Gasteiger partial charge in [0.05, 0.1) is 6.54 Å². The molecule has 0 unspecified atom stereocenters. The molecule has 0 saturated carbocycles. The lowest BCUT2D eigenvalue weighted by Gasteiger charge is -2.13. The fourth-order valence-corrected chi connectivity index (χ4v) is 2.04. The normalized spacial score (nSPS) is 11.2. The second-order valence-corrected chi connectivity index (χ2v) is 5.03.